The van der Waals surface area contributed by atoms with Crippen LogP contribution in [0.4, 0.5) is 0 Å². The Morgan fingerprint density at radius 2 is 2.12 bits per heavy atom. The number of hydrogen-bond donors (Lipinski definition) is 2. The van der Waals surface area contributed by atoms with Gasteiger partial charge in [-0.3, -0.25) is 13.9 Å². The summed E-state index contributed by atoms with van der Waals surface area (Å²) in [5.41, 5.74) is -0.117. The first-order valence-corrected chi connectivity index (χ1v) is 8.37. The van der Waals surface area contributed by atoms with Crippen LogP contribution < -0.4 is 11.2 Å². The average molecular weight is 346 g/mol. The number of imidazole rings is 1. The van der Waals surface area contributed by atoms with E-state index in [1.54, 1.807) is 32.2 Å². The molecule has 1 atom stereocenters. The van der Waals surface area contributed by atoms with Gasteiger partial charge in [-0.1, -0.05) is 0 Å². The summed E-state index contributed by atoms with van der Waals surface area (Å²) in [5.74, 6) is 1.19. The summed E-state index contributed by atoms with van der Waals surface area (Å²) < 4.78 is 8.01. The summed E-state index contributed by atoms with van der Waals surface area (Å²) in [6.45, 7) is 3.98. The molecule has 0 aliphatic rings. The first kappa shape index (κ1) is 17.2. The van der Waals surface area contributed by atoms with E-state index in [2.05, 4.69) is 9.97 Å². The van der Waals surface area contributed by atoms with E-state index < -0.39 is 5.69 Å². The molecule has 0 aromatic carbocycles. The van der Waals surface area contributed by atoms with Gasteiger partial charge in [-0.2, -0.15) is 0 Å². The fraction of sp³-hybridized carbons (Fsp3) is 0.471. The molecule has 2 N–H and O–H groups in total. The number of fused-ring (bicyclic) bond motifs is 1. The van der Waals surface area contributed by atoms with Crippen LogP contribution in [0.2, 0.25) is 0 Å². The van der Waals surface area contributed by atoms with Crippen molar-refractivity contribution in [2.45, 2.75) is 52.3 Å². The fourth-order valence-electron chi connectivity index (χ4n) is 2.89. The van der Waals surface area contributed by atoms with E-state index in [9.17, 15) is 14.7 Å². The maximum Gasteiger partial charge on any atom is 0.333 e. The number of hydrogen-bond acceptors (Lipinski definition) is 5. The van der Waals surface area contributed by atoms with Crippen molar-refractivity contribution in [3.63, 3.8) is 0 Å². The average Bonchev–Trinajstić information content (AvgIpc) is 3.19. The normalized spacial score (nSPS) is 12.8. The van der Waals surface area contributed by atoms with Gasteiger partial charge in [0.15, 0.2) is 5.65 Å². The number of unbranched alkanes of at least 4 members (excludes halogenated alkanes) is 1. The van der Waals surface area contributed by atoms with Gasteiger partial charge in [0, 0.05) is 6.54 Å². The molecule has 0 amide bonds. The zero-order chi connectivity index (χ0) is 18.0. The molecule has 0 aliphatic heterocycles. The van der Waals surface area contributed by atoms with E-state index in [-0.39, 0.29) is 18.2 Å². The quantitative estimate of drug-likeness (QED) is 0.629. The number of aliphatic hydroxyl groups excluding tert-OH is 1. The summed E-state index contributed by atoms with van der Waals surface area (Å²) in [5, 5.41) is 9.33. The van der Waals surface area contributed by atoms with Crippen LogP contribution in [-0.4, -0.2) is 30.3 Å². The summed E-state index contributed by atoms with van der Waals surface area (Å²) in [4.78, 5) is 32.7. The highest BCUT2D eigenvalue weighted by Crippen LogP contribution is 2.09. The van der Waals surface area contributed by atoms with Crippen LogP contribution in [0.1, 0.15) is 37.8 Å². The Morgan fingerprint density at radius 1 is 1.32 bits per heavy atom. The van der Waals surface area contributed by atoms with Crippen molar-refractivity contribution in [2.24, 2.45) is 0 Å². The van der Waals surface area contributed by atoms with Crippen molar-refractivity contribution in [3.8, 4) is 0 Å². The molecule has 25 heavy (non-hydrogen) atoms. The molecular weight excluding hydrogens is 324 g/mol. The smallest absolute Gasteiger partial charge is 0.333 e. The van der Waals surface area contributed by atoms with Gasteiger partial charge in [0.05, 0.1) is 18.9 Å². The Balaban J connectivity index is 2.01. The molecular formula is C17H22N4O4. The van der Waals surface area contributed by atoms with Crippen molar-refractivity contribution in [2.75, 3.05) is 0 Å². The maximum atomic E-state index is 12.8. The molecule has 0 aliphatic carbocycles. The summed E-state index contributed by atoms with van der Waals surface area (Å²) in [6, 6.07) is 3.52. The van der Waals surface area contributed by atoms with Crippen molar-refractivity contribution < 1.29 is 9.52 Å². The van der Waals surface area contributed by atoms with Crippen LogP contribution in [0.25, 0.3) is 11.2 Å². The number of furan rings is 1. The van der Waals surface area contributed by atoms with Gasteiger partial charge < -0.3 is 14.5 Å². The van der Waals surface area contributed by atoms with Crippen LogP contribution in [-0.2, 0) is 13.1 Å². The third-order valence-electron chi connectivity index (χ3n) is 4.13. The SMILES string of the molecule is Cc1nc2c([nH]1)c(=O)n(CCCCC(C)O)c(=O)n2Cc1ccco1. The number of nitrogens with zero attached hydrogens (tertiary/aromatic N) is 3. The zero-order valence-corrected chi connectivity index (χ0v) is 14.4. The number of aryl methyl sites for hydroxylation is 1. The van der Waals surface area contributed by atoms with Gasteiger partial charge in [-0.15, -0.1) is 0 Å². The molecule has 0 saturated carbocycles. The molecule has 3 aromatic heterocycles. The molecule has 0 bridgehead atoms. The minimum absolute atomic E-state index is 0.209. The van der Waals surface area contributed by atoms with Crippen molar-refractivity contribution in [1.29, 1.82) is 0 Å². The number of H-pyrrole nitrogens is 1. The number of aromatic nitrogens is 4. The Hall–Kier alpha value is -2.61. The molecule has 1 unspecified atom stereocenters. The summed E-state index contributed by atoms with van der Waals surface area (Å²) in [6.07, 6.45) is 3.17. The van der Waals surface area contributed by atoms with Gasteiger partial charge in [0.25, 0.3) is 5.56 Å². The van der Waals surface area contributed by atoms with Crippen LogP contribution in [0.3, 0.4) is 0 Å². The minimum Gasteiger partial charge on any atom is -0.467 e. The lowest BCUT2D eigenvalue weighted by atomic mass is 10.2. The minimum atomic E-state index is -0.405. The summed E-state index contributed by atoms with van der Waals surface area (Å²) in [7, 11) is 0. The summed E-state index contributed by atoms with van der Waals surface area (Å²) >= 11 is 0. The van der Waals surface area contributed by atoms with Crippen LogP contribution in [0.15, 0.2) is 32.4 Å². The highest BCUT2D eigenvalue weighted by Gasteiger charge is 2.17. The van der Waals surface area contributed by atoms with Gasteiger partial charge in [0.1, 0.15) is 17.1 Å². The largest absolute Gasteiger partial charge is 0.467 e. The Bertz CT molecular complexity index is 963. The highest BCUT2D eigenvalue weighted by atomic mass is 16.3. The van der Waals surface area contributed by atoms with Crippen molar-refractivity contribution in [1.82, 2.24) is 19.1 Å². The third-order valence-corrected chi connectivity index (χ3v) is 4.13. The van der Waals surface area contributed by atoms with E-state index in [0.29, 0.717) is 42.1 Å². The van der Waals surface area contributed by atoms with Gasteiger partial charge in [0.2, 0.25) is 0 Å². The molecule has 8 nitrogen and oxygen atoms in total. The highest BCUT2D eigenvalue weighted by molar-refractivity contribution is 5.69. The van der Waals surface area contributed by atoms with E-state index in [1.165, 1.54) is 9.13 Å². The van der Waals surface area contributed by atoms with Crippen LogP contribution in [0, 0.1) is 6.92 Å². The lowest BCUT2D eigenvalue weighted by Crippen LogP contribution is -2.40. The topological polar surface area (TPSA) is 106 Å². The molecule has 3 heterocycles. The lowest BCUT2D eigenvalue weighted by Gasteiger charge is -2.10. The van der Waals surface area contributed by atoms with Gasteiger partial charge >= 0.3 is 5.69 Å². The number of rotatable bonds is 7. The number of nitrogens with one attached hydrogen (secondary N) is 1. The molecule has 0 spiro atoms. The van der Waals surface area contributed by atoms with E-state index in [4.69, 9.17) is 4.42 Å². The number of aliphatic hydroxyl groups is 1. The second-order valence-electron chi connectivity index (χ2n) is 6.27. The molecule has 0 fully saturated rings. The third kappa shape index (κ3) is 3.58. The maximum absolute atomic E-state index is 12.8. The van der Waals surface area contributed by atoms with E-state index in [0.717, 1.165) is 6.42 Å². The fourth-order valence-corrected chi connectivity index (χ4v) is 2.89. The Morgan fingerprint density at radius 3 is 2.80 bits per heavy atom. The molecule has 0 radical (unpaired) electrons. The van der Waals surface area contributed by atoms with E-state index >= 15 is 0 Å². The van der Waals surface area contributed by atoms with Crippen LogP contribution in [0.5, 0.6) is 0 Å². The molecule has 3 rings (SSSR count). The second kappa shape index (κ2) is 7.10. The predicted molar refractivity (Wildman–Crippen MR) is 92.7 cm³/mol. The van der Waals surface area contributed by atoms with Crippen LogP contribution >= 0.6 is 0 Å². The molecule has 8 heteroatoms. The Labute approximate surface area is 143 Å². The second-order valence-corrected chi connectivity index (χ2v) is 6.27. The molecule has 134 valence electrons. The lowest BCUT2D eigenvalue weighted by molar-refractivity contribution is 0.180. The molecule has 3 aromatic rings. The predicted octanol–water partition coefficient (Wildman–Crippen LogP) is 1.39. The first-order valence-electron chi connectivity index (χ1n) is 8.37. The van der Waals surface area contributed by atoms with Gasteiger partial charge in [-0.25, -0.2) is 9.78 Å². The van der Waals surface area contributed by atoms with E-state index in [1.807, 2.05) is 0 Å². The van der Waals surface area contributed by atoms with Crippen molar-refractivity contribution >= 4 is 11.2 Å². The number of aromatic amines is 1. The Kier molecular flexibility index (Phi) is 4.89. The van der Waals surface area contributed by atoms with Crippen molar-refractivity contribution in [3.05, 3.63) is 50.8 Å². The zero-order valence-electron chi connectivity index (χ0n) is 14.4. The first-order chi connectivity index (χ1) is 12.0. The standard InChI is InChI=1S/C17H22N4O4/c1-11(22)6-3-4-8-20-16(23)14-15(19-12(2)18-14)21(17(20)24)10-13-7-5-9-25-13/h5,7,9,11,22H,3-4,6,8,10H2,1-2H3,(H,18,19). The van der Waals surface area contributed by atoms with Gasteiger partial charge in [-0.05, 0) is 45.2 Å². The monoisotopic (exact) mass is 346 g/mol. The molecule has 0 saturated heterocycles.